The van der Waals surface area contributed by atoms with E-state index in [1.165, 1.54) is 25.2 Å². The first-order valence-corrected chi connectivity index (χ1v) is 10.7. The fourth-order valence-corrected chi connectivity index (χ4v) is 4.38. The molecule has 172 valence electrons. The summed E-state index contributed by atoms with van der Waals surface area (Å²) in [6.45, 7) is 0. The number of aromatic nitrogens is 2. The lowest BCUT2D eigenvalue weighted by molar-refractivity contribution is 0.0699. The molecule has 5 rings (SSSR count). The first-order valence-electron chi connectivity index (χ1n) is 9.90. The fourth-order valence-electron chi connectivity index (χ4n) is 4.07. The number of H-pyrrole nitrogens is 1. The highest BCUT2D eigenvalue weighted by atomic mass is 35.5. The number of anilines is 2. The molecule has 34 heavy (non-hydrogen) atoms. The number of carboxylic acid groups (broad SMARTS) is 1. The highest BCUT2D eigenvalue weighted by Crippen LogP contribution is 2.47. The van der Waals surface area contributed by atoms with Gasteiger partial charge in [-0.3, -0.25) is 14.6 Å². The zero-order valence-corrected chi connectivity index (χ0v) is 18.9. The van der Waals surface area contributed by atoms with Gasteiger partial charge < -0.3 is 15.2 Å². The monoisotopic (exact) mass is 500 g/mol. The van der Waals surface area contributed by atoms with Gasteiger partial charge in [0, 0.05) is 23.7 Å². The van der Waals surface area contributed by atoms with Crippen molar-refractivity contribution < 1.29 is 24.2 Å². The van der Waals surface area contributed by atoms with E-state index in [1.54, 1.807) is 30.3 Å². The molecule has 8 nitrogen and oxygen atoms in total. The Morgan fingerprint density at radius 3 is 2.59 bits per heavy atom. The van der Waals surface area contributed by atoms with Crippen LogP contribution >= 0.6 is 23.2 Å². The Morgan fingerprint density at radius 1 is 1.15 bits per heavy atom. The van der Waals surface area contributed by atoms with Gasteiger partial charge in [-0.2, -0.15) is 0 Å². The first kappa shape index (κ1) is 22.1. The van der Waals surface area contributed by atoms with E-state index >= 15 is 4.39 Å². The number of hydrogen-bond donors (Lipinski definition) is 3. The molecule has 0 saturated heterocycles. The molecule has 2 heterocycles. The van der Waals surface area contributed by atoms with E-state index in [4.69, 9.17) is 23.2 Å². The summed E-state index contributed by atoms with van der Waals surface area (Å²) in [6.07, 6.45) is -1.21. The van der Waals surface area contributed by atoms with Crippen molar-refractivity contribution in [1.82, 2.24) is 9.97 Å². The molecular formula is C23H15Cl2FN4O4. The summed E-state index contributed by atoms with van der Waals surface area (Å²) in [5, 5.41) is 21.3. The number of nitrogens with zero attached hydrogens (tertiary/aromatic N) is 3. The maximum absolute atomic E-state index is 15.0. The van der Waals surface area contributed by atoms with E-state index in [9.17, 15) is 19.8 Å². The van der Waals surface area contributed by atoms with E-state index < -0.39 is 23.5 Å². The van der Waals surface area contributed by atoms with Gasteiger partial charge in [-0.25, -0.2) is 14.2 Å². The van der Waals surface area contributed by atoms with E-state index in [0.717, 1.165) is 15.9 Å². The predicted octanol–water partition coefficient (Wildman–Crippen LogP) is 4.98. The molecule has 0 saturated carbocycles. The number of benzene rings is 3. The van der Waals surface area contributed by atoms with Gasteiger partial charge in [0.2, 0.25) is 5.95 Å². The van der Waals surface area contributed by atoms with Crippen molar-refractivity contribution in [3.8, 4) is 0 Å². The Morgan fingerprint density at radius 2 is 1.85 bits per heavy atom. The van der Waals surface area contributed by atoms with Gasteiger partial charge in [-0.1, -0.05) is 47.5 Å². The third-order valence-corrected chi connectivity index (χ3v) is 6.49. The average Bonchev–Trinajstić information content (AvgIpc) is 3.33. The van der Waals surface area contributed by atoms with Crippen molar-refractivity contribution in [2.75, 3.05) is 16.8 Å². The lowest BCUT2D eigenvalue weighted by atomic mass is 9.93. The molecule has 3 aromatic carbocycles. The normalized spacial score (nSPS) is 17.3. The Labute approximate surface area is 201 Å². The van der Waals surface area contributed by atoms with Gasteiger partial charge in [0.05, 0.1) is 26.8 Å². The molecule has 4 aromatic rings. The van der Waals surface area contributed by atoms with E-state index in [2.05, 4.69) is 9.97 Å². The quantitative estimate of drug-likeness (QED) is 0.343. The zero-order chi connectivity index (χ0) is 24.4. The van der Waals surface area contributed by atoms with Crippen LogP contribution in [0.3, 0.4) is 0 Å². The Bertz CT molecular complexity index is 1510. The number of rotatable bonds is 3. The minimum Gasteiger partial charge on any atom is -0.465 e. The van der Waals surface area contributed by atoms with E-state index in [0.29, 0.717) is 11.0 Å². The minimum absolute atomic E-state index is 0.00766. The molecule has 0 spiro atoms. The summed E-state index contributed by atoms with van der Waals surface area (Å²) in [5.74, 6) is -1.41. The van der Waals surface area contributed by atoms with Crippen LogP contribution in [0.25, 0.3) is 11.0 Å². The molecular weight excluding hydrogens is 486 g/mol. The number of hydrogen-bond acceptors (Lipinski definition) is 4. The van der Waals surface area contributed by atoms with Gasteiger partial charge in [-0.05, 0) is 30.3 Å². The highest BCUT2D eigenvalue weighted by molar-refractivity contribution is 6.42. The molecule has 2 amide bonds. The van der Waals surface area contributed by atoms with Crippen molar-refractivity contribution in [3.63, 3.8) is 0 Å². The first-order chi connectivity index (χ1) is 16.1. The lowest BCUT2D eigenvalue weighted by Gasteiger charge is -2.35. The molecule has 0 bridgehead atoms. The minimum atomic E-state index is -2.11. The van der Waals surface area contributed by atoms with Crippen LogP contribution in [0, 0.1) is 5.82 Å². The van der Waals surface area contributed by atoms with Crippen LogP contribution in [0.15, 0.2) is 54.6 Å². The van der Waals surface area contributed by atoms with Crippen LogP contribution in [0.5, 0.6) is 0 Å². The number of carbonyl (C=O) groups is 2. The van der Waals surface area contributed by atoms with Crippen molar-refractivity contribution in [2.45, 2.75) is 5.72 Å². The lowest BCUT2D eigenvalue weighted by Crippen LogP contribution is -2.45. The molecule has 0 fully saturated rings. The molecule has 0 aliphatic carbocycles. The highest BCUT2D eigenvalue weighted by Gasteiger charge is 2.51. The number of amides is 2. The van der Waals surface area contributed by atoms with Gasteiger partial charge in [0.1, 0.15) is 5.82 Å². The van der Waals surface area contributed by atoms with E-state index in [-0.39, 0.29) is 38.4 Å². The summed E-state index contributed by atoms with van der Waals surface area (Å²) in [7, 11) is 1.33. The summed E-state index contributed by atoms with van der Waals surface area (Å²) >= 11 is 12.0. The molecule has 1 aliphatic rings. The summed E-state index contributed by atoms with van der Waals surface area (Å²) in [6, 6.07) is 13.2. The van der Waals surface area contributed by atoms with Crippen molar-refractivity contribution >= 4 is 57.9 Å². The van der Waals surface area contributed by atoms with Crippen LogP contribution in [0.4, 0.5) is 20.8 Å². The standard InChI is InChI=1S/C23H15Cl2FN4O4/c1-29(22(32)33)21-27-17-7-6-11(8-18(17)28-21)23(34)13-5-3-2-4-12(13)20(31)30(23)19-10-15(25)14(24)9-16(19)26/h2-10,34H,1H3,(H,27,28)(H,32,33). The zero-order valence-electron chi connectivity index (χ0n) is 17.4. The molecule has 1 aromatic heterocycles. The van der Waals surface area contributed by atoms with Crippen molar-refractivity contribution in [3.05, 3.63) is 87.2 Å². The number of halogens is 3. The van der Waals surface area contributed by atoms with Gasteiger partial charge in [0.15, 0.2) is 5.72 Å². The molecule has 1 atom stereocenters. The maximum atomic E-state index is 15.0. The number of carbonyl (C=O) groups excluding carboxylic acids is 1. The summed E-state index contributed by atoms with van der Waals surface area (Å²) < 4.78 is 15.0. The third kappa shape index (κ3) is 3.12. The molecule has 0 radical (unpaired) electrons. The predicted molar refractivity (Wildman–Crippen MR) is 125 cm³/mol. The molecule has 1 unspecified atom stereocenters. The molecule has 3 N–H and O–H groups in total. The van der Waals surface area contributed by atoms with Crippen molar-refractivity contribution in [1.29, 1.82) is 0 Å². The van der Waals surface area contributed by atoms with Crippen LogP contribution in [-0.2, 0) is 5.72 Å². The summed E-state index contributed by atoms with van der Waals surface area (Å²) in [5.41, 5.74) is -0.906. The number of aliphatic hydroxyl groups is 1. The number of fused-ring (bicyclic) bond motifs is 2. The molecule has 1 aliphatic heterocycles. The average molecular weight is 501 g/mol. The molecule has 11 heteroatoms. The topological polar surface area (TPSA) is 110 Å². The van der Waals surface area contributed by atoms with Crippen LogP contribution in [0.1, 0.15) is 21.5 Å². The Balaban J connectivity index is 1.74. The second-order valence-corrected chi connectivity index (χ2v) is 8.52. The second kappa shape index (κ2) is 7.69. The van der Waals surface area contributed by atoms with E-state index in [1.807, 2.05) is 0 Å². The van der Waals surface area contributed by atoms with Crippen molar-refractivity contribution in [2.24, 2.45) is 0 Å². The fraction of sp³-hybridized carbons (Fsp3) is 0.0870. The smallest absolute Gasteiger partial charge is 0.413 e. The van der Waals surface area contributed by atoms with Gasteiger partial charge >= 0.3 is 6.09 Å². The van der Waals surface area contributed by atoms with Gasteiger partial charge in [0.25, 0.3) is 5.91 Å². The third-order valence-electron chi connectivity index (χ3n) is 5.77. The second-order valence-electron chi connectivity index (χ2n) is 7.71. The Hall–Kier alpha value is -3.66. The maximum Gasteiger partial charge on any atom is 0.413 e. The SMILES string of the molecule is CN(C(=O)O)c1nc2cc(C3(O)c4ccccc4C(=O)N3c3cc(Cl)c(Cl)cc3F)ccc2[nH]1. The number of imidazole rings is 1. The Kier molecular flexibility index (Phi) is 5.01. The number of nitrogens with one attached hydrogen (secondary N) is 1. The largest absolute Gasteiger partial charge is 0.465 e. The number of aromatic amines is 1. The van der Waals surface area contributed by atoms with Gasteiger partial charge in [-0.15, -0.1) is 0 Å². The van der Waals surface area contributed by atoms with Crippen LogP contribution in [0.2, 0.25) is 10.0 Å². The van der Waals surface area contributed by atoms with Crippen LogP contribution < -0.4 is 9.80 Å². The summed E-state index contributed by atoms with van der Waals surface area (Å²) in [4.78, 5) is 33.7. The van der Waals surface area contributed by atoms with Crippen LogP contribution in [-0.4, -0.2) is 39.2 Å².